The number of nitrogens with one attached hydrogen (secondary N) is 2. The molecule has 0 saturated carbocycles. The number of carbonyl (C=O) groups is 3. The van der Waals surface area contributed by atoms with E-state index in [9.17, 15) is 14.4 Å². The number of aromatic amines is 1. The van der Waals surface area contributed by atoms with Gasteiger partial charge in [0.05, 0.1) is 6.61 Å². The molecular formula is C19H23N3O4. The smallest absolute Gasteiger partial charge is 0.354 e. The summed E-state index contributed by atoms with van der Waals surface area (Å²) in [5.41, 5.74) is 1.61. The Labute approximate surface area is 151 Å². The van der Waals surface area contributed by atoms with Gasteiger partial charge >= 0.3 is 5.97 Å². The first-order chi connectivity index (χ1) is 12.5. The number of carbonyl (C=O) groups excluding carboxylic acids is 3. The number of hydrogen-bond acceptors (Lipinski definition) is 4. The van der Waals surface area contributed by atoms with Crippen LogP contribution >= 0.6 is 0 Å². The predicted octanol–water partition coefficient (Wildman–Crippen LogP) is 2.09. The predicted molar refractivity (Wildman–Crippen MR) is 97.0 cm³/mol. The molecule has 7 heteroatoms. The molecule has 2 N–H and O–H groups in total. The van der Waals surface area contributed by atoms with Crippen molar-refractivity contribution in [1.82, 2.24) is 15.2 Å². The Bertz CT molecular complexity index is 842. The van der Waals surface area contributed by atoms with Gasteiger partial charge < -0.3 is 19.9 Å². The van der Waals surface area contributed by atoms with Crippen LogP contribution in [-0.2, 0) is 9.53 Å². The van der Waals surface area contributed by atoms with Crippen LogP contribution in [0.1, 0.15) is 47.0 Å². The number of ether oxygens (including phenoxy) is 1. The van der Waals surface area contributed by atoms with Crippen molar-refractivity contribution in [2.75, 3.05) is 20.2 Å². The summed E-state index contributed by atoms with van der Waals surface area (Å²) in [5.74, 6) is -0.725. The molecule has 1 fully saturated rings. The molecule has 0 spiro atoms. The summed E-state index contributed by atoms with van der Waals surface area (Å²) in [6.07, 6.45) is 2.49. The number of nitrogens with zero attached hydrogens (tertiary/aromatic N) is 1. The molecule has 2 aromatic rings. The highest BCUT2D eigenvalue weighted by Crippen LogP contribution is 2.23. The highest BCUT2D eigenvalue weighted by Gasteiger charge is 2.32. The summed E-state index contributed by atoms with van der Waals surface area (Å²) in [6, 6.07) is 6.47. The molecule has 1 saturated heterocycles. The topological polar surface area (TPSA) is 91.5 Å². The molecule has 1 aliphatic heterocycles. The number of likely N-dealkylation sites (tertiary alicyclic amines) is 1. The fourth-order valence-electron chi connectivity index (χ4n) is 3.36. The third-order valence-corrected chi connectivity index (χ3v) is 4.68. The van der Waals surface area contributed by atoms with Gasteiger partial charge in [-0.1, -0.05) is 0 Å². The summed E-state index contributed by atoms with van der Waals surface area (Å²) in [4.78, 5) is 41.6. The molecule has 2 amide bonds. The first kappa shape index (κ1) is 18.0. The quantitative estimate of drug-likeness (QED) is 0.820. The highest BCUT2D eigenvalue weighted by atomic mass is 16.5. The lowest BCUT2D eigenvalue weighted by Crippen LogP contribution is -2.51. The summed E-state index contributed by atoms with van der Waals surface area (Å²) < 4.78 is 4.99. The van der Waals surface area contributed by atoms with Crippen LogP contribution in [0, 0.1) is 0 Å². The lowest BCUT2D eigenvalue weighted by Gasteiger charge is -2.34. The van der Waals surface area contributed by atoms with Gasteiger partial charge in [0.2, 0.25) is 5.91 Å². The maximum Gasteiger partial charge on any atom is 0.354 e. The van der Waals surface area contributed by atoms with Crippen molar-refractivity contribution in [2.24, 2.45) is 0 Å². The maximum atomic E-state index is 13.0. The zero-order valence-corrected chi connectivity index (χ0v) is 15.0. The molecule has 1 atom stereocenters. The Kier molecular flexibility index (Phi) is 5.25. The average Bonchev–Trinajstić information content (AvgIpc) is 3.10. The summed E-state index contributed by atoms with van der Waals surface area (Å²) in [7, 11) is 1.59. The van der Waals surface area contributed by atoms with Crippen molar-refractivity contribution in [1.29, 1.82) is 0 Å². The van der Waals surface area contributed by atoms with E-state index < -0.39 is 12.0 Å². The van der Waals surface area contributed by atoms with Gasteiger partial charge in [-0.15, -0.1) is 0 Å². The number of likely N-dealkylation sites (N-methyl/N-ethyl adjacent to an activating group) is 1. The SMILES string of the molecule is CCOC(=O)c1cc2cc(C(=O)N3CCCC[C@@H]3C(=O)NC)ccc2[nH]1. The number of esters is 1. The van der Waals surface area contributed by atoms with Gasteiger partial charge in [-0.25, -0.2) is 4.79 Å². The Balaban J connectivity index is 1.87. The Morgan fingerprint density at radius 2 is 2.08 bits per heavy atom. The second kappa shape index (κ2) is 7.59. The minimum atomic E-state index is -0.432. The van der Waals surface area contributed by atoms with Crippen LogP contribution in [0.4, 0.5) is 0 Å². The van der Waals surface area contributed by atoms with Crippen LogP contribution in [0.3, 0.4) is 0 Å². The Hall–Kier alpha value is -2.83. The molecule has 3 rings (SSSR count). The largest absolute Gasteiger partial charge is 0.461 e. The fourth-order valence-corrected chi connectivity index (χ4v) is 3.36. The van der Waals surface area contributed by atoms with Gasteiger partial charge in [0.1, 0.15) is 11.7 Å². The second-order valence-electron chi connectivity index (χ2n) is 6.33. The van der Waals surface area contributed by atoms with Crippen molar-refractivity contribution in [3.63, 3.8) is 0 Å². The monoisotopic (exact) mass is 357 g/mol. The van der Waals surface area contributed by atoms with Gasteiger partial charge in [0.15, 0.2) is 0 Å². The molecule has 0 radical (unpaired) electrons. The number of fused-ring (bicyclic) bond motifs is 1. The third-order valence-electron chi connectivity index (χ3n) is 4.68. The first-order valence-electron chi connectivity index (χ1n) is 8.87. The number of aromatic nitrogens is 1. The van der Waals surface area contributed by atoms with E-state index in [0.29, 0.717) is 30.8 Å². The maximum absolute atomic E-state index is 13.0. The number of hydrogen-bond donors (Lipinski definition) is 2. The minimum absolute atomic E-state index is 0.134. The first-order valence-corrected chi connectivity index (χ1v) is 8.87. The van der Waals surface area contributed by atoms with Gasteiger partial charge in [0.25, 0.3) is 5.91 Å². The molecule has 1 aliphatic rings. The van der Waals surface area contributed by atoms with Gasteiger partial charge in [-0.05, 0) is 50.5 Å². The van der Waals surface area contributed by atoms with Gasteiger partial charge in [0, 0.05) is 30.1 Å². The van der Waals surface area contributed by atoms with E-state index in [4.69, 9.17) is 4.74 Å². The van der Waals surface area contributed by atoms with E-state index in [2.05, 4.69) is 10.3 Å². The van der Waals surface area contributed by atoms with Crippen LogP contribution < -0.4 is 5.32 Å². The zero-order chi connectivity index (χ0) is 18.7. The van der Waals surface area contributed by atoms with Crippen molar-refractivity contribution in [3.8, 4) is 0 Å². The van der Waals surface area contributed by atoms with E-state index in [1.807, 2.05) is 0 Å². The van der Waals surface area contributed by atoms with Crippen molar-refractivity contribution < 1.29 is 19.1 Å². The minimum Gasteiger partial charge on any atom is -0.461 e. The highest BCUT2D eigenvalue weighted by molar-refractivity contribution is 6.02. The Morgan fingerprint density at radius 3 is 2.81 bits per heavy atom. The third kappa shape index (κ3) is 3.42. The lowest BCUT2D eigenvalue weighted by atomic mass is 9.99. The molecule has 26 heavy (non-hydrogen) atoms. The lowest BCUT2D eigenvalue weighted by molar-refractivity contribution is -0.126. The van der Waals surface area contributed by atoms with Crippen LogP contribution in [-0.4, -0.2) is 53.9 Å². The van der Waals surface area contributed by atoms with E-state index in [1.54, 1.807) is 43.1 Å². The average molecular weight is 357 g/mol. The van der Waals surface area contributed by atoms with E-state index in [-0.39, 0.29) is 11.8 Å². The molecule has 0 unspecified atom stereocenters. The van der Waals surface area contributed by atoms with Gasteiger partial charge in [-0.3, -0.25) is 9.59 Å². The summed E-state index contributed by atoms with van der Waals surface area (Å²) in [6.45, 7) is 2.61. The van der Waals surface area contributed by atoms with Crippen LogP contribution in [0.2, 0.25) is 0 Å². The zero-order valence-electron chi connectivity index (χ0n) is 15.0. The molecule has 0 aliphatic carbocycles. The number of rotatable bonds is 4. The second-order valence-corrected chi connectivity index (χ2v) is 6.33. The molecular weight excluding hydrogens is 334 g/mol. The fraction of sp³-hybridized carbons (Fsp3) is 0.421. The van der Waals surface area contributed by atoms with Crippen LogP contribution in [0.25, 0.3) is 10.9 Å². The summed E-state index contributed by atoms with van der Waals surface area (Å²) in [5, 5.41) is 3.40. The number of piperidine rings is 1. The Morgan fingerprint density at radius 1 is 1.27 bits per heavy atom. The van der Waals surface area contributed by atoms with Crippen molar-refractivity contribution in [2.45, 2.75) is 32.2 Å². The molecule has 138 valence electrons. The van der Waals surface area contributed by atoms with Crippen molar-refractivity contribution >= 4 is 28.7 Å². The van der Waals surface area contributed by atoms with Crippen LogP contribution in [0.15, 0.2) is 24.3 Å². The number of benzene rings is 1. The van der Waals surface area contributed by atoms with Crippen molar-refractivity contribution in [3.05, 3.63) is 35.5 Å². The molecule has 7 nitrogen and oxygen atoms in total. The van der Waals surface area contributed by atoms with E-state index in [1.165, 1.54) is 0 Å². The van der Waals surface area contributed by atoms with Gasteiger partial charge in [-0.2, -0.15) is 0 Å². The summed E-state index contributed by atoms with van der Waals surface area (Å²) >= 11 is 0. The molecule has 1 aromatic carbocycles. The van der Waals surface area contributed by atoms with E-state index in [0.717, 1.165) is 23.7 Å². The molecule has 2 heterocycles. The van der Waals surface area contributed by atoms with Crippen LogP contribution in [0.5, 0.6) is 0 Å². The molecule has 0 bridgehead atoms. The normalized spacial score (nSPS) is 17.2. The number of H-pyrrole nitrogens is 1. The van der Waals surface area contributed by atoms with E-state index >= 15 is 0 Å². The standard InChI is InChI=1S/C19H23N3O4/c1-3-26-19(25)15-11-13-10-12(7-8-14(13)21-15)18(24)22-9-5-4-6-16(22)17(23)20-2/h7-8,10-11,16,21H,3-6,9H2,1-2H3,(H,20,23)/t16-/m1/s1. The molecule has 1 aromatic heterocycles. The number of amides is 2.